The summed E-state index contributed by atoms with van der Waals surface area (Å²) >= 11 is 0. The van der Waals surface area contributed by atoms with Crippen LogP contribution in [0.25, 0.3) is 5.57 Å². The first-order valence-electron chi connectivity index (χ1n) is 6.16. The van der Waals surface area contributed by atoms with Crippen LogP contribution in [0.4, 0.5) is 0 Å². The molecule has 1 aromatic rings. The van der Waals surface area contributed by atoms with Gasteiger partial charge >= 0.3 is 5.97 Å². The maximum atomic E-state index is 11.6. The van der Waals surface area contributed by atoms with Crippen LogP contribution in [0, 0.1) is 12.8 Å². The van der Waals surface area contributed by atoms with E-state index in [-0.39, 0.29) is 11.5 Å². The number of benzene rings is 1. The van der Waals surface area contributed by atoms with Crippen LogP contribution < -0.4 is 5.73 Å². The minimum atomic E-state index is -0.643. The average molecular weight is 261 g/mol. The summed E-state index contributed by atoms with van der Waals surface area (Å²) in [6.45, 7) is 6.04. The molecule has 0 atom stereocenters. The molecule has 1 amide bonds. The lowest BCUT2D eigenvalue weighted by molar-refractivity contribution is -0.138. The van der Waals surface area contributed by atoms with Gasteiger partial charge in [0.15, 0.2) is 0 Å². The van der Waals surface area contributed by atoms with Gasteiger partial charge in [0.05, 0.1) is 12.2 Å². The molecule has 0 saturated heterocycles. The Hall–Kier alpha value is -2.10. The fraction of sp³-hybridized carbons (Fsp3) is 0.333. The maximum absolute atomic E-state index is 11.6. The Bertz CT molecular complexity index is 504. The Kier molecular flexibility index (Phi) is 5.30. The zero-order valence-corrected chi connectivity index (χ0v) is 11.5. The number of ether oxygens (including phenoxy) is 1. The summed E-state index contributed by atoms with van der Waals surface area (Å²) in [5.41, 5.74) is 7.03. The molecule has 0 heterocycles. The van der Waals surface area contributed by atoms with Crippen molar-refractivity contribution in [3.63, 3.8) is 0 Å². The Labute approximate surface area is 113 Å². The molecule has 1 rings (SSSR count). The van der Waals surface area contributed by atoms with E-state index in [0.717, 1.165) is 11.6 Å². The van der Waals surface area contributed by atoms with Crippen molar-refractivity contribution < 1.29 is 14.3 Å². The molecular formula is C15H19NO3. The van der Waals surface area contributed by atoms with Gasteiger partial charge in [0, 0.05) is 6.08 Å². The fourth-order valence-corrected chi connectivity index (χ4v) is 1.57. The third-order valence-corrected chi connectivity index (χ3v) is 2.52. The highest BCUT2D eigenvalue weighted by Crippen LogP contribution is 2.18. The largest absolute Gasteiger partial charge is 0.462 e. The van der Waals surface area contributed by atoms with Crippen LogP contribution in [0.15, 0.2) is 30.3 Å². The van der Waals surface area contributed by atoms with Crippen LogP contribution >= 0.6 is 0 Å². The molecule has 4 heteroatoms. The van der Waals surface area contributed by atoms with Crippen LogP contribution in [-0.2, 0) is 14.3 Å². The quantitative estimate of drug-likeness (QED) is 0.651. The molecular weight excluding hydrogens is 242 g/mol. The van der Waals surface area contributed by atoms with Gasteiger partial charge in [-0.15, -0.1) is 0 Å². The molecule has 0 spiro atoms. The summed E-state index contributed by atoms with van der Waals surface area (Å²) in [6.07, 6.45) is 1.16. The summed E-state index contributed by atoms with van der Waals surface area (Å²) in [7, 11) is 0. The fourth-order valence-electron chi connectivity index (χ4n) is 1.57. The molecule has 0 fully saturated rings. The van der Waals surface area contributed by atoms with Gasteiger partial charge in [-0.05, 0) is 24.0 Å². The Morgan fingerprint density at radius 3 is 2.47 bits per heavy atom. The number of nitrogens with two attached hydrogens (primary N) is 1. The molecule has 0 aliphatic carbocycles. The van der Waals surface area contributed by atoms with E-state index < -0.39 is 11.9 Å². The highest BCUT2D eigenvalue weighted by molar-refractivity contribution is 6.22. The zero-order chi connectivity index (χ0) is 14.4. The first-order valence-corrected chi connectivity index (χ1v) is 6.16. The molecule has 102 valence electrons. The minimum Gasteiger partial charge on any atom is -0.462 e. The maximum Gasteiger partial charge on any atom is 0.331 e. The van der Waals surface area contributed by atoms with E-state index in [4.69, 9.17) is 10.5 Å². The van der Waals surface area contributed by atoms with Crippen molar-refractivity contribution in [1.82, 2.24) is 0 Å². The number of carbonyl (C=O) groups excluding carboxylic acids is 2. The summed E-state index contributed by atoms with van der Waals surface area (Å²) in [5, 5.41) is 0. The van der Waals surface area contributed by atoms with Gasteiger partial charge in [-0.3, -0.25) is 4.79 Å². The highest BCUT2D eigenvalue weighted by atomic mass is 16.5. The second kappa shape index (κ2) is 6.73. The van der Waals surface area contributed by atoms with Crippen molar-refractivity contribution >= 4 is 17.4 Å². The van der Waals surface area contributed by atoms with Gasteiger partial charge in [-0.1, -0.05) is 38.1 Å². The minimum absolute atomic E-state index is 0.173. The first kappa shape index (κ1) is 15.0. The topological polar surface area (TPSA) is 69.4 Å². The molecule has 0 aromatic heterocycles. The second-order valence-electron chi connectivity index (χ2n) is 4.76. The van der Waals surface area contributed by atoms with E-state index >= 15 is 0 Å². The van der Waals surface area contributed by atoms with Crippen molar-refractivity contribution in [1.29, 1.82) is 0 Å². The van der Waals surface area contributed by atoms with E-state index in [1.165, 1.54) is 0 Å². The van der Waals surface area contributed by atoms with Crippen molar-refractivity contribution in [2.24, 2.45) is 11.7 Å². The third-order valence-electron chi connectivity index (χ3n) is 2.52. The molecule has 0 bridgehead atoms. The molecule has 0 aliphatic heterocycles. The third kappa shape index (κ3) is 4.58. The van der Waals surface area contributed by atoms with Gasteiger partial charge in [-0.25, -0.2) is 4.79 Å². The number of hydrogen-bond donors (Lipinski definition) is 1. The van der Waals surface area contributed by atoms with Crippen LogP contribution in [0.5, 0.6) is 0 Å². The van der Waals surface area contributed by atoms with Crippen molar-refractivity contribution in [3.05, 3.63) is 41.5 Å². The number of esters is 1. The number of aryl methyl sites for hydroxylation is 1. The number of rotatable bonds is 5. The van der Waals surface area contributed by atoms with Crippen molar-refractivity contribution in [2.75, 3.05) is 6.61 Å². The lowest BCUT2D eigenvalue weighted by Crippen LogP contribution is -2.16. The number of primary amides is 1. The Morgan fingerprint density at radius 2 is 1.95 bits per heavy atom. The number of amides is 1. The molecule has 0 unspecified atom stereocenters. The van der Waals surface area contributed by atoms with Gasteiger partial charge in [-0.2, -0.15) is 0 Å². The Balaban J connectivity index is 2.99. The van der Waals surface area contributed by atoms with E-state index in [0.29, 0.717) is 12.2 Å². The normalized spacial score (nSPS) is 11.5. The van der Waals surface area contributed by atoms with Crippen LogP contribution in [0.2, 0.25) is 0 Å². The van der Waals surface area contributed by atoms with Crippen LogP contribution in [0.1, 0.15) is 25.0 Å². The molecule has 1 aromatic carbocycles. The van der Waals surface area contributed by atoms with E-state index in [9.17, 15) is 9.59 Å². The lowest BCUT2D eigenvalue weighted by Gasteiger charge is -2.08. The second-order valence-corrected chi connectivity index (χ2v) is 4.76. The summed E-state index contributed by atoms with van der Waals surface area (Å²) < 4.78 is 5.02. The molecule has 19 heavy (non-hydrogen) atoms. The molecule has 4 nitrogen and oxygen atoms in total. The van der Waals surface area contributed by atoms with E-state index in [2.05, 4.69) is 0 Å². The number of hydrogen-bond acceptors (Lipinski definition) is 3. The Morgan fingerprint density at radius 1 is 1.32 bits per heavy atom. The van der Waals surface area contributed by atoms with E-state index in [1.54, 1.807) is 12.1 Å². The molecule has 0 aliphatic rings. The SMILES string of the molecule is Cc1ccccc1/C(=C/C(=O)OCC(C)C)C(N)=O. The summed E-state index contributed by atoms with van der Waals surface area (Å²) in [5.74, 6) is -0.950. The van der Waals surface area contributed by atoms with Gasteiger partial charge in [0.25, 0.3) is 0 Å². The van der Waals surface area contributed by atoms with Crippen molar-refractivity contribution in [2.45, 2.75) is 20.8 Å². The van der Waals surface area contributed by atoms with Gasteiger partial charge < -0.3 is 10.5 Å². The predicted octanol–water partition coefficient (Wildman–Crippen LogP) is 2.06. The summed E-state index contributed by atoms with van der Waals surface area (Å²) in [4.78, 5) is 23.1. The van der Waals surface area contributed by atoms with E-state index in [1.807, 2.05) is 32.9 Å². The summed E-state index contributed by atoms with van der Waals surface area (Å²) in [6, 6.07) is 7.25. The zero-order valence-electron chi connectivity index (χ0n) is 11.5. The van der Waals surface area contributed by atoms with Crippen LogP contribution in [0.3, 0.4) is 0 Å². The monoisotopic (exact) mass is 261 g/mol. The van der Waals surface area contributed by atoms with Gasteiger partial charge in [0.2, 0.25) is 5.91 Å². The smallest absolute Gasteiger partial charge is 0.331 e. The molecule has 2 N–H and O–H groups in total. The van der Waals surface area contributed by atoms with Crippen molar-refractivity contribution in [3.8, 4) is 0 Å². The van der Waals surface area contributed by atoms with Crippen LogP contribution in [-0.4, -0.2) is 18.5 Å². The lowest BCUT2D eigenvalue weighted by atomic mass is 10.00. The number of carbonyl (C=O) groups is 2. The average Bonchev–Trinajstić information content (AvgIpc) is 2.34. The predicted molar refractivity (Wildman–Crippen MR) is 74.1 cm³/mol. The molecule has 0 radical (unpaired) electrons. The first-order chi connectivity index (χ1) is 8.91. The molecule has 0 saturated carbocycles. The standard InChI is InChI=1S/C15H19NO3/c1-10(2)9-19-14(17)8-13(15(16)18)12-7-5-4-6-11(12)3/h4-8,10H,9H2,1-3H3,(H2,16,18)/b13-8-. The van der Waals surface area contributed by atoms with Gasteiger partial charge in [0.1, 0.15) is 0 Å². The highest BCUT2D eigenvalue weighted by Gasteiger charge is 2.13.